The number of rotatable bonds is 6. The van der Waals surface area contributed by atoms with Crippen LogP contribution >= 0.6 is 0 Å². The molecule has 0 heterocycles. The molecule has 0 unspecified atom stereocenters. The monoisotopic (exact) mass is 270 g/mol. The lowest BCUT2D eigenvalue weighted by Crippen LogP contribution is -2.11. The molecular weight excluding hydrogens is 251 g/mol. The van der Waals surface area contributed by atoms with Gasteiger partial charge in [0.15, 0.2) is 11.5 Å². The zero-order valence-corrected chi connectivity index (χ0v) is 11.6. The van der Waals surface area contributed by atoms with E-state index in [4.69, 9.17) is 14.6 Å². The lowest BCUT2D eigenvalue weighted by Gasteiger charge is -2.20. The summed E-state index contributed by atoms with van der Waals surface area (Å²) in [4.78, 5) is 10.7. The molecule has 0 atom stereocenters. The average Bonchev–Trinajstić information content (AvgIpc) is 2.33. The number of carboxylic acids is 1. The zero-order chi connectivity index (χ0) is 14.6. The third kappa shape index (κ3) is 3.84. The van der Waals surface area contributed by atoms with Crippen molar-refractivity contribution in [1.82, 2.24) is 0 Å². The van der Waals surface area contributed by atoms with Crippen LogP contribution in [0.2, 0.25) is 0 Å². The van der Waals surface area contributed by atoms with Gasteiger partial charge in [-0.05, 0) is 43.5 Å². The Kier molecular flexibility index (Phi) is 4.75. The van der Waals surface area contributed by atoms with Gasteiger partial charge in [0, 0.05) is 6.42 Å². The van der Waals surface area contributed by atoms with Crippen molar-refractivity contribution in [2.45, 2.75) is 32.4 Å². The van der Waals surface area contributed by atoms with Crippen LogP contribution in [0.1, 0.15) is 31.4 Å². The second kappa shape index (κ2) is 5.91. The van der Waals surface area contributed by atoms with Gasteiger partial charge in [0.2, 0.25) is 0 Å². The van der Waals surface area contributed by atoms with Crippen molar-refractivity contribution >= 4 is 5.97 Å². The van der Waals surface area contributed by atoms with Crippen LogP contribution < -0.4 is 9.47 Å². The molecule has 0 saturated carbocycles. The number of hydrogen-bond donors (Lipinski definition) is 1. The second-order valence-electron chi connectivity index (χ2n) is 4.74. The number of benzene rings is 1. The van der Waals surface area contributed by atoms with Gasteiger partial charge in [0.25, 0.3) is 0 Å². The molecule has 1 N–H and O–H groups in total. The molecule has 0 aliphatic carbocycles. The van der Waals surface area contributed by atoms with Gasteiger partial charge in [-0.3, -0.25) is 4.79 Å². The molecule has 0 bridgehead atoms. The third-order valence-electron chi connectivity index (χ3n) is 2.85. The molecule has 0 aromatic heterocycles. The Balaban J connectivity index is 3.27. The summed E-state index contributed by atoms with van der Waals surface area (Å²) in [6.07, 6.45) is 0.217. The normalized spacial score (nSPS) is 11.2. The summed E-state index contributed by atoms with van der Waals surface area (Å²) in [5.74, 6) is -0.0474. The molecule has 0 aliphatic rings. The van der Waals surface area contributed by atoms with Crippen molar-refractivity contribution in [2.75, 3.05) is 14.2 Å². The minimum Gasteiger partial charge on any atom is -0.493 e. The molecule has 1 rings (SSSR count). The molecule has 19 heavy (non-hydrogen) atoms. The Morgan fingerprint density at radius 1 is 1.32 bits per heavy atom. The molecule has 0 radical (unpaired) electrons. The number of aryl methyl sites for hydroxylation is 1. The highest BCUT2D eigenvalue weighted by Gasteiger charge is 2.23. The number of carbonyl (C=O) groups is 1. The molecule has 0 saturated heterocycles. The Hall–Kier alpha value is -1.78. The quantitative estimate of drug-likeness (QED) is 0.863. The second-order valence-corrected chi connectivity index (χ2v) is 4.74. The third-order valence-corrected chi connectivity index (χ3v) is 2.85. The van der Waals surface area contributed by atoms with E-state index < -0.39 is 11.6 Å². The van der Waals surface area contributed by atoms with E-state index in [1.165, 1.54) is 28.1 Å². The number of ether oxygens (including phenoxy) is 2. The van der Waals surface area contributed by atoms with Crippen molar-refractivity contribution in [3.05, 3.63) is 23.3 Å². The minimum absolute atomic E-state index is 0.0460. The smallest absolute Gasteiger partial charge is 0.303 e. The van der Waals surface area contributed by atoms with E-state index in [1.807, 2.05) is 0 Å². The van der Waals surface area contributed by atoms with E-state index in [2.05, 4.69) is 0 Å². The molecular formula is C14H19FO4. The average molecular weight is 270 g/mol. The first-order chi connectivity index (χ1) is 8.79. The van der Waals surface area contributed by atoms with Crippen LogP contribution in [0, 0.1) is 0 Å². The van der Waals surface area contributed by atoms with Crippen molar-refractivity contribution < 1.29 is 23.8 Å². The van der Waals surface area contributed by atoms with Gasteiger partial charge in [0.05, 0.1) is 14.2 Å². The van der Waals surface area contributed by atoms with E-state index in [-0.39, 0.29) is 12.8 Å². The summed E-state index contributed by atoms with van der Waals surface area (Å²) >= 11 is 0. The number of alkyl halides is 1. The highest BCUT2D eigenvalue weighted by Crippen LogP contribution is 2.37. The van der Waals surface area contributed by atoms with Gasteiger partial charge >= 0.3 is 5.97 Å². The summed E-state index contributed by atoms with van der Waals surface area (Å²) in [7, 11) is 2.94. The first-order valence-electron chi connectivity index (χ1n) is 5.95. The zero-order valence-electron chi connectivity index (χ0n) is 11.6. The van der Waals surface area contributed by atoms with Gasteiger partial charge in [-0.15, -0.1) is 0 Å². The predicted molar refractivity (Wildman–Crippen MR) is 69.6 cm³/mol. The van der Waals surface area contributed by atoms with Crippen LogP contribution in [0.4, 0.5) is 4.39 Å². The van der Waals surface area contributed by atoms with E-state index in [0.717, 1.165) is 0 Å². The Bertz CT molecular complexity index is 463. The van der Waals surface area contributed by atoms with Crippen molar-refractivity contribution in [2.24, 2.45) is 0 Å². The number of halogens is 1. The predicted octanol–water partition coefficient (Wildman–Crippen LogP) is 2.93. The largest absolute Gasteiger partial charge is 0.493 e. The van der Waals surface area contributed by atoms with Crippen LogP contribution in [0.25, 0.3) is 0 Å². The van der Waals surface area contributed by atoms with Gasteiger partial charge < -0.3 is 14.6 Å². The summed E-state index contributed by atoms with van der Waals surface area (Å²) in [5.41, 5.74) is -0.465. The fourth-order valence-corrected chi connectivity index (χ4v) is 1.81. The maximum absolute atomic E-state index is 14.0. The standard InChI is InChI=1S/C14H19FO4/c1-14(2,15)10-7-9(5-6-12(16)17)13(19-4)11(8-10)18-3/h7-8H,5-6H2,1-4H3,(H,16,17). The molecule has 0 fully saturated rings. The topological polar surface area (TPSA) is 55.8 Å². The number of carboxylic acid groups (broad SMARTS) is 1. The van der Waals surface area contributed by atoms with Crippen LogP contribution in [0.5, 0.6) is 11.5 Å². The van der Waals surface area contributed by atoms with Gasteiger partial charge in [-0.1, -0.05) is 0 Å². The Labute approximate surface area is 112 Å². The maximum Gasteiger partial charge on any atom is 0.303 e. The summed E-state index contributed by atoms with van der Waals surface area (Å²) in [6.45, 7) is 2.88. The summed E-state index contributed by atoms with van der Waals surface area (Å²) < 4.78 is 24.4. The van der Waals surface area contributed by atoms with Gasteiger partial charge in [-0.2, -0.15) is 0 Å². The molecule has 4 nitrogen and oxygen atoms in total. The Morgan fingerprint density at radius 2 is 1.95 bits per heavy atom. The molecule has 0 aliphatic heterocycles. The fraction of sp³-hybridized carbons (Fsp3) is 0.500. The fourth-order valence-electron chi connectivity index (χ4n) is 1.81. The van der Waals surface area contributed by atoms with E-state index in [9.17, 15) is 9.18 Å². The van der Waals surface area contributed by atoms with Crippen LogP contribution in [0.15, 0.2) is 12.1 Å². The molecule has 1 aromatic rings. The van der Waals surface area contributed by atoms with Gasteiger partial charge in [-0.25, -0.2) is 4.39 Å². The maximum atomic E-state index is 14.0. The van der Waals surface area contributed by atoms with E-state index in [1.54, 1.807) is 12.1 Å². The number of aliphatic carboxylic acids is 1. The minimum atomic E-state index is -1.53. The molecule has 0 spiro atoms. The summed E-state index contributed by atoms with van der Waals surface area (Å²) in [5, 5.41) is 8.75. The molecule has 106 valence electrons. The van der Waals surface area contributed by atoms with Crippen molar-refractivity contribution in [3.63, 3.8) is 0 Å². The van der Waals surface area contributed by atoms with Gasteiger partial charge in [0.1, 0.15) is 5.67 Å². The number of hydrogen-bond acceptors (Lipinski definition) is 3. The lowest BCUT2D eigenvalue weighted by molar-refractivity contribution is -0.136. The van der Waals surface area contributed by atoms with Crippen LogP contribution in [-0.4, -0.2) is 25.3 Å². The summed E-state index contributed by atoms with van der Waals surface area (Å²) in [6, 6.07) is 3.20. The highest BCUT2D eigenvalue weighted by molar-refractivity contribution is 5.67. The molecule has 1 aromatic carbocycles. The Morgan fingerprint density at radius 3 is 2.37 bits per heavy atom. The van der Waals surface area contributed by atoms with Crippen molar-refractivity contribution in [1.29, 1.82) is 0 Å². The molecule has 0 amide bonds. The van der Waals surface area contributed by atoms with Crippen LogP contribution in [-0.2, 0) is 16.9 Å². The lowest BCUT2D eigenvalue weighted by atomic mass is 9.95. The first-order valence-corrected chi connectivity index (χ1v) is 5.95. The van der Waals surface area contributed by atoms with Crippen LogP contribution in [0.3, 0.4) is 0 Å². The number of methoxy groups -OCH3 is 2. The van der Waals surface area contributed by atoms with E-state index in [0.29, 0.717) is 22.6 Å². The first kappa shape index (κ1) is 15.3. The molecule has 5 heteroatoms. The highest BCUT2D eigenvalue weighted by atomic mass is 19.1. The van der Waals surface area contributed by atoms with E-state index >= 15 is 0 Å². The van der Waals surface area contributed by atoms with Crippen molar-refractivity contribution in [3.8, 4) is 11.5 Å². The SMILES string of the molecule is COc1cc(C(C)(C)F)cc(CCC(=O)O)c1OC.